The van der Waals surface area contributed by atoms with E-state index in [1.807, 2.05) is 63.5 Å². The minimum atomic E-state index is 0.663. The molecule has 1 aromatic carbocycles. The highest BCUT2D eigenvalue weighted by Crippen LogP contribution is 2.21. The second-order valence-electron chi connectivity index (χ2n) is 4.88. The van der Waals surface area contributed by atoms with Gasteiger partial charge in [-0.3, -0.25) is 9.08 Å². The van der Waals surface area contributed by atoms with Gasteiger partial charge in [0.2, 0.25) is 0 Å². The summed E-state index contributed by atoms with van der Waals surface area (Å²) in [5.41, 5.74) is 9.72. The second-order valence-corrected chi connectivity index (χ2v) is 5.75. The van der Waals surface area contributed by atoms with E-state index in [4.69, 9.17) is 5.73 Å². The Kier molecular flexibility index (Phi) is 2.75. The first kappa shape index (κ1) is 12.2. The highest BCUT2D eigenvalue weighted by atomic mass is 32.1. The summed E-state index contributed by atoms with van der Waals surface area (Å²) in [6.07, 6.45) is 7.92. The number of aromatic nitrogens is 4. The first-order chi connectivity index (χ1) is 10.3. The third kappa shape index (κ3) is 2.30. The van der Waals surface area contributed by atoms with Crippen molar-refractivity contribution in [2.75, 3.05) is 5.73 Å². The number of thiazole rings is 1. The highest BCUT2D eigenvalue weighted by Gasteiger charge is 2.06. The smallest absolute Gasteiger partial charge is 0.193 e. The van der Waals surface area contributed by atoms with Gasteiger partial charge in [-0.05, 0) is 17.7 Å². The van der Waals surface area contributed by atoms with Crippen LogP contribution in [0.25, 0.3) is 16.1 Å². The van der Waals surface area contributed by atoms with E-state index < -0.39 is 0 Å². The topological polar surface area (TPSA) is 61.1 Å². The van der Waals surface area contributed by atoms with Crippen LogP contribution < -0.4 is 5.73 Å². The van der Waals surface area contributed by atoms with Gasteiger partial charge in [-0.1, -0.05) is 12.1 Å². The second kappa shape index (κ2) is 4.75. The largest absolute Gasteiger partial charge is 0.399 e. The molecule has 0 bridgehead atoms. The lowest BCUT2D eigenvalue weighted by molar-refractivity contribution is 0.676. The molecule has 3 heterocycles. The van der Waals surface area contributed by atoms with Gasteiger partial charge in [0.1, 0.15) is 0 Å². The van der Waals surface area contributed by atoms with Gasteiger partial charge < -0.3 is 5.73 Å². The van der Waals surface area contributed by atoms with Crippen molar-refractivity contribution in [3.63, 3.8) is 0 Å². The Bertz CT molecular complexity index is 873. The minimum Gasteiger partial charge on any atom is -0.399 e. The quantitative estimate of drug-likeness (QED) is 0.591. The SMILES string of the molecule is Nc1cccc(-c2cnn(Cc3cn4ccsc4n3)c2)c1. The third-order valence-electron chi connectivity index (χ3n) is 3.32. The molecule has 3 aromatic heterocycles. The van der Waals surface area contributed by atoms with Crippen LogP contribution in [0.15, 0.2) is 54.4 Å². The molecular formula is C15H13N5S. The lowest BCUT2D eigenvalue weighted by Gasteiger charge is -1.99. The zero-order valence-electron chi connectivity index (χ0n) is 11.2. The molecule has 2 N–H and O–H groups in total. The average Bonchev–Trinajstić information content (AvgIpc) is 3.14. The monoisotopic (exact) mass is 295 g/mol. The summed E-state index contributed by atoms with van der Waals surface area (Å²) in [5.74, 6) is 0. The van der Waals surface area contributed by atoms with Gasteiger partial charge in [0.05, 0.1) is 18.4 Å². The number of nitrogens with two attached hydrogens (primary N) is 1. The van der Waals surface area contributed by atoms with Crippen LogP contribution in [0.2, 0.25) is 0 Å². The van der Waals surface area contributed by atoms with Gasteiger partial charge in [-0.2, -0.15) is 5.10 Å². The number of benzene rings is 1. The van der Waals surface area contributed by atoms with Crippen molar-refractivity contribution in [1.29, 1.82) is 0 Å². The molecule has 4 rings (SSSR count). The van der Waals surface area contributed by atoms with Gasteiger partial charge in [0.15, 0.2) is 4.96 Å². The highest BCUT2D eigenvalue weighted by molar-refractivity contribution is 7.15. The van der Waals surface area contributed by atoms with Crippen LogP contribution in [0.1, 0.15) is 5.69 Å². The van der Waals surface area contributed by atoms with E-state index in [1.54, 1.807) is 11.3 Å². The molecule has 0 aliphatic heterocycles. The number of imidazole rings is 1. The molecule has 0 radical (unpaired) electrons. The summed E-state index contributed by atoms with van der Waals surface area (Å²) in [6, 6.07) is 7.81. The molecule has 6 heteroatoms. The average molecular weight is 295 g/mol. The summed E-state index contributed by atoms with van der Waals surface area (Å²) in [5, 5.41) is 6.43. The van der Waals surface area contributed by atoms with Crippen LogP contribution >= 0.6 is 11.3 Å². The fourth-order valence-corrected chi connectivity index (χ4v) is 3.05. The van der Waals surface area contributed by atoms with Crippen LogP contribution in [0.4, 0.5) is 5.69 Å². The molecule has 0 fully saturated rings. The van der Waals surface area contributed by atoms with Gasteiger partial charge in [-0.15, -0.1) is 11.3 Å². The number of nitrogens with zero attached hydrogens (tertiary/aromatic N) is 4. The Balaban J connectivity index is 1.60. The number of rotatable bonds is 3. The molecule has 5 nitrogen and oxygen atoms in total. The van der Waals surface area contributed by atoms with Crippen molar-refractivity contribution >= 4 is 22.0 Å². The van der Waals surface area contributed by atoms with Gasteiger partial charge in [-0.25, -0.2) is 4.98 Å². The van der Waals surface area contributed by atoms with Crippen LogP contribution in [0.5, 0.6) is 0 Å². The van der Waals surface area contributed by atoms with Crippen LogP contribution in [0, 0.1) is 0 Å². The van der Waals surface area contributed by atoms with Crippen molar-refractivity contribution in [3.05, 3.63) is 60.1 Å². The molecular weight excluding hydrogens is 282 g/mol. The molecule has 0 saturated carbocycles. The Hall–Kier alpha value is -2.60. The summed E-state index contributed by atoms with van der Waals surface area (Å²) in [4.78, 5) is 5.57. The third-order valence-corrected chi connectivity index (χ3v) is 4.09. The first-order valence-electron chi connectivity index (χ1n) is 6.57. The van der Waals surface area contributed by atoms with E-state index >= 15 is 0 Å². The molecule has 0 aliphatic carbocycles. The number of anilines is 1. The van der Waals surface area contributed by atoms with Crippen LogP contribution in [-0.4, -0.2) is 19.2 Å². The Labute approximate surface area is 125 Å². The van der Waals surface area contributed by atoms with E-state index in [0.29, 0.717) is 6.54 Å². The molecule has 0 spiro atoms. The molecule has 0 amide bonds. The fourth-order valence-electron chi connectivity index (χ4n) is 2.34. The summed E-state index contributed by atoms with van der Waals surface area (Å²) in [7, 11) is 0. The number of hydrogen-bond donors (Lipinski definition) is 1. The van der Waals surface area contributed by atoms with Gasteiger partial charge in [0, 0.05) is 35.2 Å². The van der Waals surface area contributed by atoms with Crippen molar-refractivity contribution < 1.29 is 0 Å². The summed E-state index contributed by atoms with van der Waals surface area (Å²) >= 11 is 1.63. The Morgan fingerprint density at radius 3 is 3.00 bits per heavy atom. The molecule has 0 saturated heterocycles. The van der Waals surface area contributed by atoms with E-state index in [-0.39, 0.29) is 0 Å². The predicted molar refractivity (Wildman–Crippen MR) is 84.2 cm³/mol. The van der Waals surface area contributed by atoms with Crippen molar-refractivity contribution in [2.24, 2.45) is 0 Å². The molecule has 0 aliphatic rings. The van der Waals surface area contributed by atoms with Gasteiger partial charge in [0.25, 0.3) is 0 Å². The molecule has 0 atom stereocenters. The molecule has 0 unspecified atom stereocenters. The van der Waals surface area contributed by atoms with E-state index in [2.05, 4.69) is 10.1 Å². The molecule has 104 valence electrons. The molecule has 4 aromatic rings. The predicted octanol–water partition coefficient (Wildman–Crippen LogP) is 2.89. The van der Waals surface area contributed by atoms with E-state index in [9.17, 15) is 0 Å². The van der Waals surface area contributed by atoms with E-state index in [0.717, 1.165) is 27.5 Å². The zero-order chi connectivity index (χ0) is 14.2. The van der Waals surface area contributed by atoms with Crippen LogP contribution in [-0.2, 0) is 6.54 Å². The standard InChI is InChI=1S/C15H13N5S/c16-13-3-1-2-11(6-13)12-7-17-20(8-12)10-14-9-19-4-5-21-15(19)18-14/h1-9H,10,16H2. The first-order valence-corrected chi connectivity index (χ1v) is 7.45. The molecule has 21 heavy (non-hydrogen) atoms. The summed E-state index contributed by atoms with van der Waals surface area (Å²) < 4.78 is 3.92. The Morgan fingerprint density at radius 2 is 2.14 bits per heavy atom. The van der Waals surface area contributed by atoms with Gasteiger partial charge >= 0.3 is 0 Å². The minimum absolute atomic E-state index is 0.663. The number of fused-ring (bicyclic) bond motifs is 1. The maximum absolute atomic E-state index is 5.82. The summed E-state index contributed by atoms with van der Waals surface area (Å²) in [6.45, 7) is 0.663. The lowest BCUT2D eigenvalue weighted by Crippen LogP contribution is -1.99. The van der Waals surface area contributed by atoms with Crippen molar-refractivity contribution in [2.45, 2.75) is 6.54 Å². The fraction of sp³-hybridized carbons (Fsp3) is 0.0667. The van der Waals surface area contributed by atoms with Crippen LogP contribution in [0.3, 0.4) is 0 Å². The zero-order valence-corrected chi connectivity index (χ0v) is 12.0. The number of nitrogen functional groups attached to an aromatic ring is 1. The Morgan fingerprint density at radius 1 is 1.19 bits per heavy atom. The van der Waals surface area contributed by atoms with Crippen molar-refractivity contribution in [1.82, 2.24) is 19.2 Å². The normalized spacial score (nSPS) is 11.2. The maximum atomic E-state index is 5.82. The lowest BCUT2D eigenvalue weighted by atomic mass is 10.1. The number of hydrogen-bond acceptors (Lipinski definition) is 4. The van der Waals surface area contributed by atoms with Crippen molar-refractivity contribution in [3.8, 4) is 11.1 Å². The maximum Gasteiger partial charge on any atom is 0.193 e. The van der Waals surface area contributed by atoms with E-state index in [1.165, 1.54) is 0 Å².